The SMILES string of the molecule is CC(C)(C)C1CC2=CCCC=C2CCN(C(=O)c2ccc3c(c2)C(=O)CC3)S1. The van der Waals surface area contributed by atoms with Gasteiger partial charge in [0.25, 0.3) is 5.91 Å². The summed E-state index contributed by atoms with van der Waals surface area (Å²) >= 11 is 1.70. The zero-order chi connectivity index (χ0) is 19.9. The summed E-state index contributed by atoms with van der Waals surface area (Å²) in [4.78, 5) is 25.5. The topological polar surface area (TPSA) is 37.4 Å². The average Bonchev–Trinajstić information content (AvgIpc) is 3.01. The van der Waals surface area contributed by atoms with E-state index < -0.39 is 0 Å². The molecule has 0 radical (unpaired) electrons. The van der Waals surface area contributed by atoms with E-state index in [1.165, 1.54) is 11.1 Å². The lowest BCUT2D eigenvalue weighted by atomic mass is 9.83. The first-order valence-electron chi connectivity index (χ1n) is 10.4. The molecule has 4 rings (SSSR count). The smallest absolute Gasteiger partial charge is 0.263 e. The van der Waals surface area contributed by atoms with Crippen molar-refractivity contribution in [2.24, 2.45) is 5.41 Å². The Kier molecular flexibility index (Phi) is 5.26. The van der Waals surface area contributed by atoms with Crippen LogP contribution in [0.5, 0.6) is 0 Å². The summed E-state index contributed by atoms with van der Waals surface area (Å²) in [6, 6.07) is 5.69. The van der Waals surface area contributed by atoms with Crippen LogP contribution >= 0.6 is 11.9 Å². The number of ketones is 1. The standard InChI is InChI=1S/C24H29NO2S/c1-24(2,3)22-15-18-7-5-4-6-16(18)12-13-25(28-22)23(27)19-9-8-17-10-11-21(26)20(17)14-19/h6-9,14,22H,4-5,10-13,15H2,1-3H3. The third kappa shape index (κ3) is 3.84. The summed E-state index contributed by atoms with van der Waals surface area (Å²) in [6.45, 7) is 7.49. The minimum Gasteiger partial charge on any atom is -0.294 e. The van der Waals surface area contributed by atoms with Gasteiger partial charge in [0.2, 0.25) is 0 Å². The number of aryl methyl sites for hydroxylation is 1. The van der Waals surface area contributed by atoms with Crippen LogP contribution in [0.2, 0.25) is 0 Å². The molecule has 148 valence electrons. The second-order valence-electron chi connectivity index (χ2n) is 9.15. The first-order valence-corrected chi connectivity index (χ1v) is 11.2. The van der Waals surface area contributed by atoms with E-state index in [2.05, 4.69) is 32.9 Å². The number of hydrogen-bond donors (Lipinski definition) is 0. The monoisotopic (exact) mass is 395 g/mol. The van der Waals surface area contributed by atoms with Crippen LogP contribution in [0.4, 0.5) is 0 Å². The van der Waals surface area contributed by atoms with E-state index in [1.54, 1.807) is 11.9 Å². The molecule has 0 spiro atoms. The highest BCUT2D eigenvalue weighted by atomic mass is 32.2. The summed E-state index contributed by atoms with van der Waals surface area (Å²) < 4.78 is 1.95. The highest BCUT2D eigenvalue weighted by Crippen LogP contribution is 2.42. The predicted molar refractivity (Wildman–Crippen MR) is 116 cm³/mol. The van der Waals surface area contributed by atoms with Gasteiger partial charge in [0.15, 0.2) is 5.78 Å². The van der Waals surface area contributed by atoms with Gasteiger partial charge in [-0.25, -0.2) is 0 Å². The van der Waals surface area contributed by atoms with Crippen LogP contribution in [-0.2, 0) is 6.42 Å². The van der Waals surface area contributed by atoms with E-state index in [9.17, 15) is 9.59 Å². The van der Waals surface area contributed by atoms with Crippen molar-refractivity contribution >= 4 is 23.6 Å². The van der Waals surface area contributed by atoms with Crippen LogP contribution in [0.15, 0.2) is 41.5 Å². The number of allylic oxidation sites excluding steroid dienone is 3. The molecule has 1 fully saturated rings. The molecule has 3 aliphatic rings. The Hall–Kier alpha value is -1.81. The van der Waals surface area contributed by atoms with Crippen LogP contribution in [0.25, 0.3) is 0 Å². The molecule has 1 atom stereocenters. The predicted octanol–water partition coefficient (Wildman–Crippen LogP) is 5.76. The third-order valence-corrected chi connectivity index (χ3v) is 7.81. The van der Waals surface area contributed by atoms with Crippen molar-refractivity contribution < 1.29 is 9.59 Å². The van der Waals surface area contributed by atoms with Gasteiger partial charge < -0.3 is 0 Å². The van der Waals surface area contributed by atoms with Crippen molar-refractivity contribution in [3.8, 4) is 0 Å². The number of carbonyl (C=O) groups is 2. The summed E-state index contributed by atoms with van der Waals surface area (Å²) in [6.07, 6.45) is 10.3. The molecule has 1 saturated heterocycles. The van der Waals surface area contributed by atoms with Crippen molar-refractivity contribution in [3.05, 3.63) is 58.2 Å². The molecule has 3 nitrogen and oxygen atoms in total. The number of fused-ring (bicyclic) bond motifs is 2. The molecule has 1 aliphatic heterocycles. The van der Waals surface area contributed by atoms with Gasteiger partial charge in [-0.2, -0.15) is 0 Å². The molecule has 0 bridgehead atoms. The van der Waals surface area contributed by atoms with Gasteiger partial charge in [-0.3, -0.25) is 13.9 Å². The van der Waals surface area contributed by atoms with E-state index >= 15 is 0 Å². The maximum atomic E-state index is 13.4. The van der Waals surface area contributed by atoms with Gasteiger partial charge in [-0.05, 0) is 78.3 Å². The second kappa shape index (κ2) is 7.55. The molecular weight excluding hydrogens is 366 g/mol. The Balaban J connectivity index is 1.62. The van der Waals surface area contributed by atoms with Gasteiger partial charge >= 0.3 is 0 Å². The second-order valence-corrected chi connectivity index (χ2v) is 10.4. The largest absolute Gasteiger partial charge is 0.294 e. The molecule has 4 heteroatoms. The van der Waals surface area contributed by atoms with Gasteiger partial charge in [0, 0.05) is 29.3 Å². The highest BCUT2D eigenvalue weighted by molar-refractivity contribution is 7.98. The van der Waals surface area contributed by atoms with Crippen molar-refractivity contribution in [2.45, 2.75) is 64.5 Å². The molecule has 1 aromatic rings. The molecule has 28 heavy (non-hydrogen) atoms. The number of hydrogen-bond acceptors (Lipinski definition) is 3. The molecule has 1 heterocycles. The summed E-state index contributed by atoms with van der Waals surface area (Å²) in [5.41, 5.74) is 5.46. The quantitative estimate of drug-likeness (QED) is 0.567. The van der Waals surface area contributed by atoms with Gasteiger partial charge in [-0.15, -0.1) is 0 Å². The number of Topliss-reactive ketones (excluding diaryl/α,β-unsaturated/α-hetero) is 1. The number of carbonyl (C=O) groups excluding carboxylic acids is 2. The van der Waals surface area contributed by atoms with Crippen LogP contribution in [0, 0.1) is 5.41 Å². The van der Waals surface area contributed by atoms with E-state index in [0.717, 1.165) is 43.2 Å². The Labute approximate surface area is 172 Å². The summed E-state index contributed by atoms with van der Waals surface area (Å²) in [7, 11) is 0. The molecule has 0 aromatic heterocycles. The van der Waals surface area contributed by atoms with Gasteiger partial charge in [-0.1, -0.05) is 39.0 Å². The first-order chi connectivity index (χ1) is 13.3. The third-order valence-electron chi connectivity index (χ3n) is 6.08. The van der Waals surface area contributed by atoms with Crippen molar-refractivity contribution in [1.82, 2.24) is 4.31 Å². The minimum atomic E-state index is 0.0330. The van der Waals surface area contributed by atoms with Crippen LogP contribution in [-0.4, -0.2) is 27.8 Å². The fraction of sp³-hybridized carbons (Fsp3) is 0.500. The Morgan fingerprint density at radius 3 is 2.57 bits per heavy atom. The fourth-order valence-electron chi connectivity index (χ4n) is 4.25. The number of rotatable bonds is 1. The van der Waals surface area contributed by atoms with E-state index in [-0.39, 0.29) is 17.1 Å². The summed E-state index contributed by atoms with van der Waals surface area (Å²) in [5, 5.41) is 0.334. The lowest BCUT2D eigenvalue weighted by Crippen LogP contribution is -2.35. The molecule has 2 aliphatic carbocycles. The van der Waals surface area contributed by atoms with Gasteiger partial charge in [0.1, 0.15) is 0 Å². The molecular formula is C24H29NO2S. The van der Waals surface area contributed by atoms with E-state index in [0.29, 0.717) is 23.8 Å². The Morgan fingerprint density at radius 1 is 1.07 bits per heavy atom. The van der Waals surface area contributed by atoms with Crippen LogP contribution < -0.4 is 0 Å². The maximum Gasteiger partial charge on any atom is 0.263 e. The number of nitrogens with zero attached hydrogens (tertiary/aromatic N) is 1. The highest BCUT2D eigenvalue weighted by Gasteiger charge is 2.34. The van der Waals surface area contributed by atoms with Crippen molar-refractivity contribution in [2.75, 3.05) is 6.54 Å². The molecule has 0 N–H and O–H groups in total. The molecule has 1 unspecified atom stereocenters. The fourth-order valence-corrected chi connectivity index (χ4v) is 5.52. The number of amides is 1. The Morgan fingerprint density at radius 2 is 1.82 bits per heavy atom. The lowest BCUT2D eigenvalue weighted by Gasteiger charge is -2.38. The van der Waals surface area contributed by atoms with Crippen LogP contribution in [0.3, 0.4) is 0 Å². The van der Waals surface area contributed by atoms with Gasteiger partial charge in [0.05, 0.1) is 0 Å². The van der Waals surface area contributed by atoms with E-state index in [4.69, 9.17) is 0 Å². The first kappa shape index (κ1) is 19.5. The van der Waals surface area contributed by atoms with Crippen LogP contribution in [0.1, 0.15) is 79.2 Å². The summed E-state index contributed by atoms with van der Waals surface area (Å²) in [5.74, 6) is 0.199. The molecule has 1 aromatic carbocycles. The lowest BCUT2D eigenvalue weighted by molar-refractivity contribution is 0.0870. The van der Waals surface area contributed by atoms with Crippen molar-refractivity contribution in [3.63, 3.8) is 0 Å². The minimum absolute atomic E-state index is 0.0330. The maximum absolute atomic E-state index is 13.4. The van der Waals surface area contributed by atoms with Crippen molar-refractivity contribution in [1.29, 1.82) is 0 Å². The average molecular weight is 396 g/mol. The Bertz CT molecular complexity index is 875. The zero-order valence-corrected chi connectivity index (χ0v) is 17.9. The van der Waals surface area contributed by atoms with E-state index in [1.807, 2.05) is 22.5 Å². The molecule has 0 saturated carbocycles. The zero-order valence-electron chi connectivity index (χ0n) is 17.1. The molecule has 1 amide bonds. The normalized spacial score (nSPS) is 22.6. The number of benzene rings is 1.